The number of likely N-dealkylation sites (N-methyl/N-ethyl adjacent to an activating group) is 1. The molecule has 0 unspecified atom stereocenters. The number of carboxylic acid groups (broad SMARTS) is 1. The molecule has 7 heteroatoms. The van der Waals surface area contributed by atoms with Gasteiger partial charge in [0.25, 0.3) is 0 Å². The van der Waals surface area contributed by atoms with E-state index >= 15 is 0 Å². The predicted molar refractivity (Wildman–Crippen MR) is 105 cm³/mol. The molecule has 3 rings (SSSR count). The van der Waals surface area contributed by atoms with Gasteiger partial charge in [0.2, 0.25) is 5.91 Å². The van der Waals surface area contributed by atoms with E-state index in [2.05, 4.69) is 5.32 Å². The van der Waals surface area contributed by atoms with Crippen molar-refractivity contribution < 1.29 is 19.1 Å². The Labute approximate surface area is 168 Å². The molecule has 0 bridgehead atoms. The second-order valence-electron chi connectivity index (χ2n) is 7.25. The van der Waals surface area contributed by atoms with Gasteiger partial charge in [0.1, 0.15) is 11.9 Å². The van der Waals surface area contributed by atoms with Gasteiger partial charge in [-0.15, -0.1) is 0 Å². The maximum atomic E-state index is 14.1. The van der Waals surface area contributed by atoms with Gasteiger partial charge in [-0.25, -0.2) is 9.18 Å². The largest absolute Gasteiger partial charge is 0.480 e. The first-order valence-corrected chi connectivity index (χ1v) is 9.41. The van der Waals surface area contributed by atoms with Gasteiger partial charge in [0.15, 0.2) is 0 Å². The Bertz CT molecular complexity index is 953. The monoisotopic (exact) mass is 395 g/mol. The van der Waals surface area contributed by atoms with Gasteiger partial charge in [-0.05, 0) is 55.8 Å². The molecule has 1 amide bonds. The lowest BCUT2D eigenvalue weighted by molar-refractivity contribution is -0.142. The van der Waals surface area contributed by atoms with Gasteiger partial charge >= 0.3 is 5.97 Å². The minimum Gasteiger partial charge on any atom is -0.480 e. The summed E-state index contributed by atoms with van der Waals surface area (Å²) in [5, 5.41) is 21.1. The van der Waals surface area contributed by atoms with Gasteiger partial charge in [-0.2, -0.15) is 5.26 Å². The van der Waals surface area contributed by atoms with Crippen molar-refractivity contribution in [1.82, 2.24) is 10.2 Å². The molecule has 2 aromatic carbocycles. The first-order chi connectivity index (χ1) is 13.9. The summed E-state index contributed by atoms with van der Waals surface area (Å²) in [4.78, 5) is 26.0. The fourth-order valence-corrected chi connectivity index (χ4v) is 3.58. The summed E-state index contributed by atoms with van der Waals surface area (Å²) < 4.78 is 14.1. The SMILES string of the molecule is CN1CCC[C@H]1C(=O)N[C@@H](Cc1ccc(-c2cc(C#N)ccc2F)cc1)C(=O)O. The van der Waals surface area contributed by atoms with Crippen LogP contribution in [0.5, 0.6) is 0 Å². The lowest BCUT2D eigenvalue weighted by atomic mass is 9.99. The zero-order chi connectivity index (χ0) is 21.0. The van der Waals surface area contributed by atoms with Crippen molar-refractivity contribution >= 4 is 11.9 Å². The van der Waals surface area contributed by atoms with Crippen molar-refractivity contribution in [3.05, 3.63) is 59.4 Å². The van der Waals surface area contributed by atoms with Crippen LogP contribution >= 0.6 is 0 Å². The summed E-state index contributed by atoms with van der Waals surface area (Å²) in [5.74, 6) is -1.81. The first-order valence-electron chi connectivity index (χ1n) is 9.41. The highest BCUT2D eigenvalue weighted by molar-refractivity contribution is 5.87. The molecule has 1 aliphatic heterocycles. The van der Waals surface area contributed by atoms with Gasteiger partial charge in [-0.3, -0.25) is 9.69 Å². The van der Waals surface area contributed by atoms with Crippen molar-refractivity contribution in [3.63, 3.8) is 0 Å². The number of halogens is 1. The van der Waals surface area contributed by atoms with Crippen molar-refractivity contribution in [2.45, 2.75) is 31.3 Å². The number of rotatable bonds is 6. The highest BCUT2D eigenvalue weighted by Gasteiger charge is 2.30. The molecule has 29 heavy (non-hydrogen) atoms. The third kappa shape index (κ3) is 4.79. The number of nitriles is 1. The maximum Gasteiger partial charge on any atom is 0.326 e. The number of nitrogens with zero attached hydrogens (tertiary/aromatic N) is 2. The van der Waals surface area contributed by atoms with E-state index in [0.29, 0.717) is 22.3 Å². The summed E-state index contributed by atoms with van der Waals surface area (Å²) in [6, 6.07) is 11.6. The van der Waals surface area contributed by atoms with Gasteiger partial charge in [-0.1, -0.05) is 24.3 Å². The minimum atomic E-state index is -1.10. The molecule has 1 fully saturated rings. The molecule has 2 aromatic rings. The molecule has 2 atom stereocenters. The van der Waals surface area contributed by atoms with E-state index in [1.165, 1.54) is 18.2 Å². The van der Waals surface area contributed by atoms with Crippen LogP contribution in [0.2, 0.25) is 0 Å². The van der Waals surface area contributed by atoms with Crippen LogP contribution in [0.25, 0.3) is 11.1 Å². The molecule has 0 aliphatic carbocycles. The Morgan fingerprint density at radius 1 is 1.31 bits per heavy atom. The summed E-state index contributed by atoms with van der Waals surface area (Å²) >= 11 is 0. The van der Waals surface area contributed by atoms with Crippen molar-refractivity contribution in [2.75, 3.05) is 13.6 Å². The standard InChI is InChI=1S/C22H22FN3O3/c1-26-10-2-3-20(26)21(27)25-19(22(28)29)12-14-4-7-16(8-5-14)17-11-15(13-24)6-9-18(17)23/h4-9,11,19-20H,2-3,10,12H2,1H3,(H,25,27)(H,28,29)/t19-,20-/m0/s1. The lowest BCUT2D eigenvalue weighted by Crippen LogP contribution is -2.49. The lowest BCUT2D eigenvalue weighted by Gasteiger charge is -2.22. The van der Waals surface area contributed by atoms with E-state index in [-0.39, 0.29) is 18.4 Å². The molecule has 0 spiro atoms. The summed E-state index contributed by atoms with van der Waals surface area (Å²) in [7, 11) is 1.85. The Morgan fingerprint density at radius 3 is 2.62 bits per heavy atom. The topological polar surface area (TPSA) is 93.4 Å². The molecule has 0 radical (unpaired) electrons. The number of aliphatic carboxylic acids is 1. The van der Waals surface area contributed by atoms with E-state index in [4.69, 9.17) is 5.26 Å². The molecule has 1 aliphatic rings. The van der Waals surface area contributed by atoms with Crippen LogP contribution in [0.1, 0.15) is 24.0 Å². The van der Waals surface area contributed by atoms with E-state index in [0.717, 1.165) is 19.4 Å². The molecule has 6 nitrogen and oxygen atoms in total. The van der Waals surface area contributed by atoms with Crippen LogP contribution in [0.4, 0.5) is 4.39 Å². The number of amides is 1. The van der Waals surface area contributed by atoms with Gasteiger partial charge in [0.05, 0.1) is 17.7 Å². The quantitative estimate of drug-likeness (QED) is 0.784. The van der Waals surface area contributed by atoms with Crippen LogP contribution in [0, 0.1) is 17.1 Å². The molecular weight excluding hydrogens is 373 g/mol. The van der Waals surface area contributed by atoms with E-state index in [9.17, 15) is 19.1 Å². The Balaban J connectivity index is 1.72. The normalized spacial score (nSPS) is 17.5. The number of carboxylic acids is 1. The van der Waals surface area contributed by atoms with Gasteiger partial charge in [0, 0.05) is 12.0 Å². The number of carbonyl (C=O) groups excluding carboxylic acids is 1. The number of likely N-dealkylation sites (tertiary alicyclic amines) is 1. The van der Waals surface area contributed by atoms with E-state index in [1.54, 1.807) is 24.3 Å². The molecule has 150 valence electrons. The number of hydrogen-bond acceptors (Lipinski definition) is 4. The van der Waals surface area contributed by atoms with Crippen LogP contribution in [0.15, 0.2) is 42.5 Å². The molecule has 0 aromatic heterocycles. The highest BCUT2D eigenvalue weighted by atomic mass is 19.1. The minimum absolute atomic E-state index is 0.124. The summed E-state index contributed by atoms with van der Waals surface area (Å²) in [6.45, 7) is 0.820. The van der Waals surface area contributed by atoms with Crippen LogP contribution in [0.3, 0.4) is 0 Å². The summed E-state index contributed by atoms with van der Waals surface area (Å²) in [5.41, 5.74) is 1.96. The van der Waals surface area contributed by atoms with Crippen molar-refractivity contribution in [3.8, 4) is 17.2 Å². The van der Waals surface area contributed by atoms with Crippen LogP contribution < -0.4 is 5.32 Å². The first kappa shape index (κ1) is 20.5. The Kier molecular flexibility index (Phi) is 6.25. The van der Waals surface area contributed by atoms with E-state index in [1.807, 2.05) is 18.0 Å². The number of benzene rings is 2. The molecule has 0 saturated carbocycles. The molecular formula is C22H22FN3O3. The van der Waals surface area contributed by atoms with Crippen LogP contribution in [-0.4, -0.2) is 47.6 Å². The number of hydrogen-bond donors (Lipinski definition) is 2. The molecule has 1 saturated heterocycles. The predicted octanol–water partition coefficient (Wildman–Crippen LogP) is 2.57. The fraction of sp³-hybridized carbons (Fsp3) is 0.318. The third-order valence-electron chi connectivity index (χ3n) is 5.24. The molecule has 1 heterocycles. The van der Waals surface area contributed by atoms with Gasteiger partial charge < -0.3 is 10.4 Å². The maximum absolute atomic E-state index is 14.1. The second-order valence-corrected chi connectivity index (χ2v) is 7.25. The van der Waals surface area contributed by atoms with Crippen molar-refractivity contribution in [1.29, 1.82) is 5.26 Å². The zero-order valence-corrected chi connectivity index (χ0v) is 16.1. The summed E-state index contributed by atoms with van der Waals surface area (Å²) in [6.07, 6.45) is 1.76. The Hall–Kier alpha value is -3.24. The average Bonchev–Trinajstić information content (AvgIpc) is 3.14. The fourth-order valence-electron chi connectivity index (χ4n) is 3.58. The zero-order valence-electron chi connectivity index (χ0n) is 16.1. The number of carbonyl (C=O) groups is 2. The smallest absolute Gasteiger partial charge is 0.326 e. The van der Waals surface area contributed by atoms with Crippen molar-refractivity contribution in [2.24, 2.45) is 0 Å². The molecule has 2 N–H and O–H groups in total. The average molecular weight is 395 g/mol. The second kappa shape index (κ2) is 8.84. The highest BCUT2D eigenvalue weighted by Crippen LogP contribution is 2.24. The Morgan fingerprint density at radius 2 is 2.03 bits per heavy atom. The number of nitrogens with one attached hydrogen (secondary N) is 1. The van der Waals surface area contributed by atoms with E-state index < -0.39 is 17.8 Å². The third-order valence-corrected chi connectivity index (χ3v) is 5.24. The van der Waals surface area contributed by atoms with Crippen LogP contribution in [-0.2, 0) is 16.0 Å².